The number of rotatable bonds is 8. The Bertz CT molecular complexity index is 1650. The van der Waals surface area contributed by atoms with E-state index in [1.54, 1.807) is 0 Å². The minimum Gasteiger partial charge on any atom is -0.481 e. The van der Waals surface area contributed by atoms with Crippen LogP contribution in [0.3, 0.4) is 0 Å². The largest absolute Gasteiger partial charge is 0.481 e. The van der Waals surface area contributed by atoms with Crippen LogP contribution in [0.2, 0.25) is 10.4 Å². The molecule has 0 saturated carbocycles. The van der Waals surface area contributed by atoms with E-state index in [2.05, 4.69) is 88.9 Å². The van der Waals surface area contributed by atoms with Crippen molar-refractivity contribution in [1.29, 1.82) is 0 Å². The Labute approximate surface area is 278 Å². The van der Waals surface area contributed by atoms with Crippen LogP contribution in [-0.2, 0) is 11.0 Å². The summed E-state index contributed by atoms with van der Waals surface area (Å²) >= 11 is 3.51. The number of hydrogen-bond donors (Lipinski definition) is 2. The number of nitrogens with zero attached hydrogens (tertiary/aromatic N) is 2. The normalized spacial score (nSPS) is 18.8. The standard InChI is InChI=1S/C27H35B8BrF3N3O3/c1-12-20(22(45)40-11-13(6-9-19(43)44)15-4-2-3-5-17(15)23(37,38)39)16-10-14(36)7-8-18(16)41-21(12)42-26(32,33)24(28,29)25(30,31)27(42,34)35/h2-5,7-8,10,13H,6,9,11,28-35H2,1H3,(H,40,45)(H,43,44). The molecule has 1 aliphatic rings. The monoisotopic (exact) mass is 673 g/mol. The van der Waals surface area contributed by atoms with Gasteiger partial charge in [-0.2, -0.15) is 13.2 Å². The number of carbonyl (C=O) groups excluding carboxylic acids is 1. The first-order valence-electron chi connectivity index (χ1n) is 15.1. The summed E-state index contributed by atoms with van der Waals surface area (Å²) in [6, 6.07) is 10.7. The number of hydrogen-bond acceptors (Lipinski definition) is 4. The molecule has 18 heteroatoms. The van der Waals surface area contributed by atoms with Gasteiger partial charge in [-0.1, -0.05) is 44.6 Å². The van der Waals surface area contributed by atoms with Gasteiger partial charge in [-0.05, 0) is 53.8 Å². The molecule has 0 spiro atoms. The molecule has 1 aliphatic heterocycles. The van der Waals surface area contributed by atoms with E-state index >= 15 is 0 Å². The van der Waals surface area contributed by atoms with Crippen LogP contribution in [0.5, 0.6) is 0 Å². The van der Waals surface area contributed by atoms with Crippen LogP contribution in [0.1, 0.15) is 45.8 Å². The number of benzene rings is 2. The topological polar surface area (TPSA) is 82.5 Å². The van der Waals surface area contributed by atoms with Gasteiger partial charge in [0.2, 0.25) is 0 Å². The van der Waals surface area contributed by atoms with Crippen LogP contribution in [0, 0.1) is 6.92 Å². The lowest BCUT2D eigenvalue weighted by atomic mass is 9.17. The van der Waals surface area contributed by atoms with Gasteiger partial charge < -0.3 is 15.3 Å². The van der Waals surface area contributed by atoms with Crippen LogP contribution in [0.15, 0.2) is 46.9 Å². The zero-order chi connectivity index (χ0) is 33.9. The van der Waals surface area contributed by atoms with E-state index in [9.17, 15) is 27.9 Å². The van der Waals surface area contributed by atoms with E-state index in [0.29, 0.717) is 27.8 Å². The lowest BCUT2D eigenvalue weighted by Crippen LogP contribution is -2.60. The fourth-order valence-electron chi connectivity index (χ4n) is 7.23. The van der Waals surface area contributed by atoms with E-state index in [-0.39, 0.29) is 46.1 Å². The maximum absolute atomic E-state index is 14.2. The van der Waals surface area contributed by atoms with Crippen molar-refractivity contribution in [2.24, 2.45) is 0 Å². The highest BCUT2D eigenvalue weighted by molar-refractivity contribution is 9.10. The van der Waals surface area contributed by atoms with Gasteiger partial charge in [0.15, 0.2) is 0 Å². The minimum absolute atomic E-state index is 0.0451. The number of anilines is 1. The highest BCUT2D eigenvalue weighted by Crippen LogP contribution is 2.64. The fourth-order valence-corrected chi connectivity index (χ4v) is 7.59. The number of pyridine rings is 1. The van der Waals surface area contributed by atoms with Gasteiger partial charge in [0, 0.05) is 34.3 Å². The lowest BCUT2D eigenvalue weighted by molar-refractivity contribution is -0.138. The summed E-state index contributed by atoms with van der Waals surface area (Å²) in [5, 5.41) is 11.7. The molecule has 1 unspecified atom stereocenters. The molecular weight excluding hydrogens is 638 g/mol. The van der Waals surface area contributed by atoms with Gasteiger partial charge in [-0.25, -0.2) is 4.98 Å². The van der Waals surface area contributed by atoms with E-state index in [1.165, 1.54) is 18.2 Å². The number of amides is 1. The van der Waals surface area contributed by atoms with Gasteiger partial charge in [-0.3, -0.25) is 9.59 Å². The molecular formula is C27H35B8BrF3N3O3. The lowest BCUT2D eigenvalue weighted by Gasteiger charge is -2.47. The molecule has 1 amide bonds. The zero-order valence-electron chi connectivity index (χ0n) is 27.4. The number of carbonyl (C=O) groups is 2. The summed E-state index contributed by atoms with van der Waals surface area (Å²) in [7, 11) is 17.8. The molecule has 0 radical (unpaired) electrons. The zero-order valence-corrected chi connectivity index (χ0v) is 29.0. The van der Waals surface area contributed by atoms with Crippen molar-refractivity contribution in [3.05, 3.63) is 69.2 Å². The molecule has 1 atom stereocenters. The first-order chi connectivity index (χ1) is 20.6. The maximum atomic E-state index is 14.2. The van der Waals surface area contributed by atoms with Gasteiger partial charge in [-0.15, -0.1) is 0 Å². The first kappa shape index (κ1) is 35.2. The highest BCUT2D eigenvalue weighted by Gasteiger charge is 2.65. The van der Waals surface area contributed by atoms with Crippen molar-refractivity contribution in [3.8, 4) is 0 Å². The van der Waals surface area contributed by atoms with Crippen LogP contribution in [0.25, 0.3) is 10.9 Å². The van der Waals surface area contributed by atoms with E-state index < -0.39 is 29.5 Å². The summed E-state index contributed by atoms with van der Waals surface area (Å²) in [6.07, 6.45) is -5.04. The number of aliphatic carboxylic acids is 1. The predicted molar refractivity (Wildman–Crippen MR) is 199 cm³/mol. The molecule has 45 heavy (non-hydrogen) atoms. The summed E-state index contributed by atoms with van der Waals surface area (Å²) in [5.41, 5.74) is 0.770. The average Bonchev–Trinajstić information content (AvgIpc) is 2.99. The maximum Gasteiger partial charge on any atom is 0.416 e. The number of halogens is 4. The second-order valence-electron chi connectivity index (χ2n) is 14.2. The number of nitrogens with one attached hydrogen (secondary N) is 1. The van der Waals surface area contributed by atoms with Gasteiger partial charge in [0.1, 0.15) is 37.2 Å². The Hall–Kier alpha value is -2.62. The SMILES string of the molecule is BC1(B)N(c2nc3ccc(Br)cc3c(C(=O)NCC(CCC(=O)O)c3ccccc3C(F)(F)F)c2C)C(B)(B)C(B)(B)C1(B)B. The van der Waals surface area contributed by atoms with Crippen LogP contribution in [-0.4, -0.2) is 102 Å². The van der Waals surface area contributed by atoms with Crippen molar-refractivity contribution >= 4 is 107 Å². The van der Waals surface area contributed by atoms with Crippen molar-refractivity contribution < 1.29 is 27.9 Å². The summed E-state index contributed by atoms with van der Waals surface area (Å²) < 4.78 is 42.6. The number of fused-ring (bicyclic) bond motifs is 1. The third-order valence-corrected chi connectivity index (χ3v) is 11.8. The molecule has 1 aromatic heterocycles. The Balaban J connectivity index is 1.84. The van der Waals surface area contributed by atoms with Crippen LogP contribution < -0.4 is 10.2 Å². The molecule has 0 aliphatic carbocycles. The molecule has 0 bridgehead atoms. The summed E-state index contributed by atoms with van der Waals surface area (Å²) in [6.45, 7) is 1.69. The Morgan fingerprint density at radius 2 is 1.58 bits per heavy atom. The Kier molecular flexibility index (Phi) is 9.30. The highest BCUT2D eigenvalue weighted by atomic mass is 79.9. The molecule has 2 aromatic carbocycles. The number of carboxylic acids is 1. The van der Waals surface area contributed by atoms with Crippen molar-refractivity contribution in [2.45, 2.75) is 53.0 Å². The van der Waals surface area contributed by atoms with Gasteiger partial charge in [0.25, 0.3) is 5.91 Å². The summed E-state index contributed by atoms with van der Waals surface area (Å²) in [4.78, 5) is 33.1. The Morgan fingerprint density at radius 3 is 2.13 bits per heavy atom. The second kappa shape index (κ2) is 11.9. The molecule has 1 fully saturated rings. The van der Waals surface area contributed by atoms with E-state index in [1.807, 2.05) is 25.1 Å². The number of carboxylic acid groups (broad SMARTS) is 1. The van der Waals surface area contributed by atoms with Crippen molar-refractivity contribution in [3.63, 3.8) is 0 Å². The predicted octanol–water partition coefficient (Wildman–Crippen LogP) is -1.87. The first-order valence-corrected chi connectivity index (χ1v) is 15.9. The number of alkyl halides is 3. The average molecular weight is 673 g/mol. The van der Waals surface area contributed by atoms with Crippen molar-refractivity contribution in [2.75, 3.05) is 11.4 Å². The third kappa shape index (κ3) is 5.89. The molecule has 6 nitrogen and oxygen atoms in total. The van der Waals surface area contributed by atoms with Gasteiger partial charge in [0.05, 0.1) is 48.0 Å². The molecule has 4 rings (SSSR count). The summed E-state index contributed by atoms with van der Waals surface area (Å²) in [5.74, 6) is -1.78. The smallest absolute Gasteiger partial charge is 0.416 e. The van der Waals surface area contributed by atoms with Gasteiger partial charge >= 0.3 is 12.1 Å². The van der Waals surface area contributed by atoms with Crippen LogP contribution in [0.4, 0.5) is 19.0 Å². The quantitative estimate of drug-likeness (QED) is 0.274. The molecule has 3 aromatic rings. The molecule has 1 saturated heterocycles. The van der Waals surface area contributed by atoms with Crippen molar-refractivity contribution in [1.82, 2.24) is 10.3 Å². The van der Waals surface area contributed by atoms with Crippen LogP contribution >= 0.6 is 15.9 Å². The van der Waals surface area contributed by atoms with E-state index in [0.717, 1.165) is 10.5 Å². The minimum atomic E-state index is -4.63. The molecule has 2 N–H and O–H groups in total. The fraction of sp³-hybridized carbons (Fsp3) is 0.370. The third-order valence-electron chi connectivity index (χ3n) is 11.3. The molecule has 228 valence electrons. The number of aromatic nitrogens is 1. The van der Waals surface area contributed by atoms with E-state index in [4.69, 9.17) is 4.98 Å². The molecule has 2 heterocycles. The second-order valence-corrected chi connectivity index (χ2v) is 15.1. The Morgan fingerprint density at radius 1 is 1.00 bits per heavy atom.